The number of rotatable bonds is 6. The first kappa shape index (κ1) is 14.4. The van der Waals surface area contributed by atoms with Gasteiger partial charge in [-0.25, -0.2) is 0 Å². The fraction of sp³-hybridized carbons (Fsp3) is 0.400. The van der Waals surface area contributed by atoms with Gasteiger partial charge in [0, 0.05) is 5.56 Å². The van der Waals surface area contributed by atoms with E-state index in [0.29, 0.717) is 17.3 Å². The molecule has 1 aromatic heterocycles. The predicted octanol–water partition coefficient (Wildman–Crippen LogP) is 2.21. The quantitative estimate of drug-likeness (QED) is 0.756. The second-order valence-corrected chi connectivity index (χ2v) is 4.96. The third kappa shape index (κ3) is 3.03. The van der Waals surface area contributed by atoms with E-state index in [1.54, 1.807) is 32.4 Å². The van der Waals surface area contributed by atoms with Crippen LogP contribution < -0.4 is 9.47 Å². The third-order valence-corrected chi connectivity index (χ3v) is 3.36. The Morgan fingerprint density at radius 1 is 1.27 bits per heavy atom. The highest BCUT2D eigenvalue weighted by molar-refractivity contribution is 5.74. The maximum Gasteiger partial charge on any atom is 0.309 e. The zero-order valence-electron chi connectivity index (χ0n) is 12.4. The van der Waals surface area contributed by atoms with Gasteiger partial charge >= 0.3 is 5.97 Å². The van der Waals surface area contributed by atoms with E-state index in [9.17, 15) is 4.79 Å². The minimum atomic E-state index is -0.203. The van der Waals surface area contributed by atoms with Gasteiger partial charge in [-0.1, -0.05) is 5.16 Å². The Morgan fingerprint density at radius 2 is 2.05 bits per heavy atom. The second-order valence-electron chi connectivity index (χ2n) is 4.96. The zero-order chi connectivity index (χ0) is 15.5. The maximum atomic E-state index is 11.5. The van der Waals surface area contributed by atoms with Gasteiger partial charge in [-0.05, 0) is 31.0 Å². The first-order valence-electron chi connectivity index (χ1n) is 6.93. The van der Waals surface area contributed by atoms with Crippen molar-refractivity contribution in [2.24, 2.45) is 5.92 Å². The summed E-state index contributed by atoms with van der Waals surface area (Å²) in [6, 6.07) is 5.31. The number of hydrogen-bond donors (Lipinski definition) is 0. The SMILES string of the molecule is COc1ccc(-c2noc(COC(=O)C3CC3)n2)cc1OC. The Balaban J connectivity index is 1.71. The number of aromatic nitrogens is 2. The van der Waals surface area contributed by atoms with Crippen molar-refractivity contribution in [3.05, 3.63) is 24.1 Å². The Hall–Kier alpha value is -2.57. The minimum absolute atomic E-state index is 0.00434. The lowest BCUT2D eigenvalue weighted by molar-refractivity contribution is -0.147. The molecule has 0 radical (unpaired) electrons. The summed E-state index contributed by atoms with van der Waals surface area (Å²) in [6.45, 7) is -0.00434. The van der Waals surface area contributed by atoms with Gasteiger partial charge in [0.25, 0.3) is 5.89 Å². The number of carbonyl (C=O) groups is 1. The molecule has 1 aliphatic carbocycles. The number of ether oxygens (including phenoxy) is 3. The topological polar surface area (TPSA) is 83.7 Å². The van der Waals surface area contributed by atoms with Crippen LogP contribution >= 0.6 is 0 Å². The molecule has 3 rings (SSSR count). The second kappa shape index (κ2) is 6.05. The molecule has 7 heteroatoms. The number of esters is 1. The van der Waals surface area contributed by atoms with Crippen LogP contribution in [0.15, 0.2) is 22.7 Å². The Kier molecular flexibility index (Phi) is 3.95. The Bertz CT molecular complexity index is 678. The van der Waals surface area contributed by atoms with Crippen LogP contribution in [0.5, 0.6) is 11.5 Å². The molecule has 0 N–H and O–H groups in total. The van der Waals surface area contributed by atoms with E-state index in [1.165, 1.54) is 0 Å². The average molecular weight is 304 g/mol. The molecule has 22 heavy (non-hydrogen) atoms. The summed E-state index contributed by atoms with van der Waals surface area (Å²) >= 11 is 0. The first-order valence-corrected chi connectivity index (χ1v) is 6.93. The summed E-state index contributed by atoms with van der Waals surface area (Å²) in [6.07, 6.45) is 1.80. The maximum absolute atomic E-state index is 11.5. The van der Waals surface area contributed by atoms with Crippen LogP contribution in [0.2, 0.25) is 0 Å². The highest BCUT2D eigenvalue weighted by atomic mass is 16.6. The molecule has 0 aliphatic heterocycles. The molecular formula is C15H16N2O5. The summed E-state index contributed by atoms with van der Waals surface area (Å²) in [5.41, 5.74) is 0.723. The summed E-state index contributed by atoms with van der Waals surface area (Å²) in [5.74, 6) is 1.70. The van der Waals surface area contributed by atoms with Gasteiger partial charge in [-0.2, -0.15) is 4.98 Å². The van der Waals surface area contributed by atoms with E-state index < -0.39 is 0 Å². The van der Waals surface area contributed by atoms with Gasteiger partial charge in [0.05, 0.1) is 20.1 Å². The summed E-state index contributed by atoms with van der Waals surface area (Å²) in [5, 5.41) is 3.88. The van der Waals surface area contributed by atoms with Crippen molar-refractivity contribution in [2.75, 3.05) is 14.2 Å². The molecule has 2 aromatic rings. The number of methoxy groups -OCH3 is 2. The van der Waals surface area contributed by atoms with Crippen LogP contribution in [-0.2, 0) is 16.1 Å². The molecule has 1 aliphatic rings. The van der Waals surface area contributed by atoms with Crippen molar-refractivity contribution in [1.82, 2.24) is 10.1 Å². The van der Waals surface area contributed by atoms with Crippen LogP contribution in [-0.4, -0.2) is 30.3 Å². The van der Waals surface area contributed by atoms with Crippen LogP contribution in [0.1, 0.15) is 18.7 Å². The van der Waals surface area contributed by atoms with Gasteiger partial charge < -0.3 is 18.7 Å². The molecule has 1 saturated carbocycles. The Morgan fingerprint density at radius 3 is 2.73 bits per heavy atom. The van der Waals surface area contributed by atoms with Crippen molar-refractivity contribution in [3.8, 4) is 22.9 Å². The van der Waals surface area contributed by atoms with Crippen LogP contribution in [0.3, 0.4) is 0 Å². The van der Waals surface area contributed by atoms with Crippen LogP contribution in [0.25, 0.3) is 11.4 Å². The molecule has 0 saturated heterocycles. The fourth-order valence-electron chi connectivity index (χ4n) is 1.98. The highest BCUT2D eigenvalue weighted by Gasteiger charge is 2.31. The number of benzene rings is 1. The predicted molar refractivity (Wildman–Crippen MR) is 75.4 cm³/mol. The molecule has 1 heterocycles. The van der Waals surface area contributed by atoms with Crippen molar-refractivity contribution in [3.63, 3.8) is 0 Å². The normalized spacial score (nSPS) is 13.7. The third-order valence-electron chi connectivity index (χ3n) is 3.36. The molecule has 0 unspecified atom stereocenters. The molecular weight excluding hydrogens is 288 g/mol. The summed E-state index contributed by atoms with van der Waals surface area (Å²) < 4.78 is 20.6. The van der Waals surface area contributed by atoms with Crippen molar-refractivity contribution in [1.29, 1.82) is 0 Å². The summed E-state index contributed by atoms with van der Waals surface area (Å²) in [7, 11) is 3.12. The lowest BCUT2D eigenvalue weighted by atomic mass is 10.2. The van der Waals surface area contributed by atoms with Crippen LogP contribution in [0, 0.1) is 5.92 Å². The van der Waals surface area contributed by atoms with E-state index in [1.807, 2.05) is 0 Å². The highest BCUT2D eigenvalue weighted by Crippen LogP contribution is 2.32. The van der Waals surface area contributed by atoms with Gasteiger partial charge in [0.15, 0.2) is 18.1 Å². The minimum Gasteiger partial charge on any atom is -0.493 e. The number of carbonyl (C=O) groups excluding carboxylic acids is 1. The van der Waals surface area contributed by atoms with Crippen molar-refractivity contribution >= 4 is 5.97 Å². The monoisotopic (exact) mass is 304 g/mol. The van der Waals surface area contributed by atoms with E-state index in [0.717, 1.165) is 18.4 Å². The van der Waals surface area contributed by atoms with E-state index in [2.05, 4.69) is 10.1 Å². The van der Waals surface area contributed by atoms with E-state index in [-0.39, 0.29) is 24.4 Å². The smallest absolute Gasteiger partial charge is 0.309 e. The van der Waals surface area contributed by atoms with Gasteiger partial charge in [0.2, 0.25) is 5.82 Å². The summed E-state index contributed by atoms with van der Waals surface area (Å²) in [4.78, 5) is 15.7. The lowest BCUT2D eigenvalue weighted by Crippen LogP contribution is -2.06. The fourth-order valence-corrected chi connectivity index (χ4v) is 1.98. The zero-order valence-corrected chi connectivity index (χ0v) is 12.4. The van der Waals surface area contributed by atoms with Gasteiger partial charge in [-0.15, -0.1) is 0 Å². The van der Waals surface area contributed by atoms with E-state index >= 15 is 0 Å². The average Bonchev–Trinajstić information content (AvgIpc) is 3.30. The number of hydrogen-bond acceptors (Lipinski definition) is 7. The van der Waals surface area contributed by atoms with Gasteiger partial charge in [-0.3, -0.25) is 4.79 Å². The largest absolute Gasteiger partial charge is 0.493 e. The Labute approximate surface area is 127 Å². The lowest BCUT2D eigenvalue weighted by Gasteiger charge is -2.07. The molecule has 7 nitrogen and oxygen atoms in total. The number of nitrogens with zero attached hydrogens (tertiary/aromatic N) is 2. The van der Waals surface area contributed by atoms with E-state index in [4.69, 9.17) is 18.7 Å². The molecule has 1 aromatic carbocycles. The molecule has 0 amide bonds. The molecule has 116 valence electrons. The van der Waals surface area contributed by atoms with Crippen molar-refractivity contribution < 1.29 is 23.5 Å². The molecule has 0 bridgehead atoms. The molecule has 1 fully saturated rings. The van der Waals surface area contributed by atoms with Crippen molar-refractivity contribution in [2.45, 2.75) is 19.4 Å². The van der Waals surface area contributed by atoms with Gasteiger partial charge in [0.1, 0.15) is 0 Å². The first-order chi connectivity index (χ1) is 10.7. The standard InChI is InChI=1S/C15H16N2O5/c1-19-11-6-5-10(7-12(11)20-2)14-16-13(22-17-14)8-21-15(18)9-3-4-9/h5-7,9H,3-4,8H2,1-2H3. The molecule has 0 atom stereocenters. The van der Waals surface area contributed by atoms with Crippen LogP contribution in [0.4, 0.5) is 0 Å². The molecule has 0 spiro atoms.